The summed E-state index contributed by atoms with van der Waals surface area (Å²) in [6, 6.07) is 13.3. The molecule has 2 aromatic carbocycles. The van der Waals surface area contributed by atoms with E-state index in [0.29, 0.717) is 23.1 Å². The van der Waals surface area contributed by atoms with Crippen LogP contribution < -0.4 is 19.5 Å². The highest BCUT2D eigenvalue weighted by atomic mass is 16.5. The van der Waals surface area contributed by atoms with E-state index >= 15 is 0 Å². The molecule has 0 amide bonds. The van der Waals surface area contributed by atoms with Gasteiger partial charge in [-0.1, -0.05) is 0 Å². The molecule has 0 aliphatic carbocycles. The van der Waals surface area contributed by atoms with Gasteiger partial charge in [0.05, 0.1) is 27.0 Å². The first-order valence-electron chi connectivity index (χ1n) is 9.41. The van der Waals surface area contributed by atoms with E-state index in [1.165, 1.54) is 0 Å². The van der Waals surface area contributed by atoms with E-state index in [9.17, 15) is 0 Å². The summed E-state index contributed by atoms with van der Waals surface area (Å²) in [5, 5.41) is 8.10. The van der Waals surface area contributed by atoms with E-state index in [0.717, 1.165) is 34.0 Å². The average Bonchev–Trinajstić information content (AvgIpc) is 3.07. The van der Waals surface area contributed by atoms with Crippen molar-refractivity contribution in [2.75, 3.05) is 26.6 Å². The quantitative estimate of drug-likeness (QED) is 0.515. The van der Waals surface area contributed by atoms with Crippen molar-refractivity contribution in [1.29, 1.82) is 0 Å². The zero-order chi connectivity index (χ0) is 21.3. The number of aryl methyl sites for hydroxylation is 2. The summed E-state index contributed by atoms with van der Waals surface area (Å²) in [6.45, 7) is 3.86. The Labute approximate surface area is 174 Å². The van der Waals surface area contributed by atoms with Crippen LogP contribution in [0.3, 0.4) is 0 Å². The van der Waals surface area contributed by atoms with Crippen molar-refractivity contribution in [3.8, 4) is 28.6 Å². The zero-order valence-corrected chi connectivity index (χ0v) is 17.6. The molecule has 4 aromatic rings. The largest absolute Gasteiger partial charge is 0.497 e. The molecule has 2 heterocycles. The molecule has 0 unspecified atom stereocenters. The highest BCUT2D eigenvalue weighted by Crippen LogP contribution is 2.32. The fourth-order valence-corrected chi connectivity index (χ4v) is 3.32. The Morgan fingerprint density at radius 1 is 0.833 bits per heavy atom. The Bertz CT molecular complexity index is 1200. The van der Waals surface area contributed by atoms with Crippen LogP contribution in [0, 0.1) is 13.8 Å². The molecular formula is C22H23N5O3. The number of hydrogen-bond acceptors (Lipinski definition) is 7. The van der Waals surface area contributed by atoms with Crippen molar-refractivity contribution in [2.24, 2.45) is 0 Å². The molecule has 0 spiro atoms. The molecule has 8 nitrogen and oxygen atoms in total. The Hall–Kier alpha value is -3.81. The molecule has 2 aromatic heterocycles. The van der Waals surface area contributed by atoms with Gasteiger partial charge in [0.25, 0.3) is 0 Å². The van der Waals surface area contributed by atoms with Crippen molar-refractivity contribution >= 4 is 17.0 Å². The summed E-state index contributed by atoms with van der Waals surface area (Å²) in [4.78, 5) is 9.37. The number of methoxy groups -OCH3 is 3. The molecule has 0 atom stereocenters. The third-order valence-corrected chi connectivity index (χ3v) is 4.82. The first-order valence-corrected chi connectivity index (χ1v) is 9.41. The zero-order valence-electron chi connectivity index (χ0n) is 17.6. The van der Waals surface area contributed by atoms with Gasteiger partial charge in [0.2, 0.25) is 0 Å². The first-order chi connectivity index (χ1) is 14.5. The van der Waals surface area contributed by atoms with E-state index < -0.39 is 0 Å². The van der Waals surface area contributed by atoms with Crippen LogP contribution in [0.1, 0.15) is 11.5 Å². The molecule has 0 aliphatic rings. The summed E-state index contributed by atoms with van der Waals surface area (Å²) >= 11 is 0. The fraction of sp³-hybridized carbons (Fsp3) is 0.227. The van der Waals surface area contributed by atoms with Gasteiger partial charge in [-0.15, -0.1) is 5.10 Å². The van der Waals surface area contributed by atoms with Crippen LogP contribution in [0.5, 0.6) is 17.2 Å². The van der Waals surface area contributed by atoms with Gasteiger partial charge in [0, 0.05) is 11.3 Å². The van der Waals surface area contributed by atoms with E-state index in [-0.39, 0.29) is 0 Å². The number of ether oxygens (including phenoxy) is 3. The van der Waals surface area contributed by atoms with Gasteiger partial charge < -0.3 is 19.5 Å². The number of hydrogen-bond donors (Lipinski definition) is 1. The molecule has 154 valence electrons. The number of fused-ring (bicyclic) bond motifs is 1. The lowest BCUT2D eigenvalue weighted by atomic mass is 10.2. The predicted molar refractivity (Wildman–Crippen MR) is 115 cm³/mol. The molecular weight excluding hydrogens is 382 g/mol. The minimum absolute atomic E-state index is 0.542. The average molecular weight is 405 g/mol. The number of aromatic nitrogens is 4. The van der Waals surface area contributed by atoms with Crippen molar-refractivity contribution < 1.29 is 14.2 Å². The summed E-state index contributed by atoms with van der Waals surface area (Å²) in [5.74, 6) is 4.04. The maximum Gasteiger partial charge on any atom is 0.182 e. The van der Waals surface area contributed by atoms with Gasteiger partial charge in [-0.2, -0.15) is 0 Å². The third-order valence-electron chi connectivity index (χ3n) is 4.82. The highest BCUT2D eigenvalue weighted by molar-refractivity contribution is 5.77. The first kappa shape index (κ1) is 19.5. The van der Waals surface area contributed by atoms with E-state index in [1.807, 2.05) is 56.3 Å². The lowest BCUT2D eigenvalue weighted by Gasteiger charge is -2.12. The standard InChI is InChI=1S/C22H23N5O3/c1-13-20-22(24-16-7-9-17(28-3)10-8-16)25-21(26-27(20)14(2)23-13)15-6-11-18(29-4)19(12-15)30-5/h6-12H,1-5H3,(H,24,25,26). The van der Waals surface area contributed by atoms with Gasteiger partial charge >= 0.3 is 0 Å². The molecule has 0 saturated heterocycles. The van der Waals surface area contributed by atoms with Crippen LogP contribution in [-0.2, 0) is 0 Å². The van der Waals surface area contributed by atoms with Crippen LogP contribution in [0.2, 0.25) is 0 Å². The van der Waals surface area contributed by atoms with Crippen molar-refractivity contribution in [3.63, 3.8) is 0 Å². The van der Waals surface area contributed by atoms with Crippen LogP contribution in [0.15, 0.2) is 42.5 Å². The van der Waals surface area contributed by atoms with Gasteiger partial charge in [-0.05, 0) is 56.3 Å². The van der Waals surface area contributed by atoms with Crippen LogP contribution in [0.4, 0.5) is 11.5 Å². The van der Waals surface area contributed by atoms with Crippen molar-refractivity contribution in [1.82, 2.24) is 19.6 Å². The normalized spacial score (nSPS) is 10.8. The summed E-state index contributed by atoms with van der Waals surface area (Å²) in [6.07, 6.45) is 0. The number of benzene rings is 2. The molecule has 0 radical (unpaired) electrons. The smallest absolute Gasteiger partial charge is 0.182 e. The van der Waals surface area contributed by atoms with E-state index in [4.69, 9.17) is 24.3 Å². The van der Waals surface area contributed by atoms with Crippen molar-refractivity contribution in [2.45, 2.75) is 13.8 Å². The second-order valence-corrected chi connectivity index (χ2v) is 6.71. The monoisotopic (exact) mass is 405 g/mol. The van der Waals surface area contributed by atoms with Crippen molar-refractivity contribution in [3.05, 3.63) is 54.0 Å². The van der Waals surface area contributed by atoms with Crippen LogP contribution in [0.25, 0.3) is 16.9 Å². The molecule has 0 fully saturated rings. The number of rotatable bonds is 6. The molecule has 0 saturated carbocycles. The Morgan fingerprint density at radius 3 is 2.23 bits per heavy atom. The van der Waals surface area contributed by atoms with Gasteiger partial charge in [0.15, 0.2) is 23.1 Å². The molecule has 0 aliphatic heterocycles. The van der Waals surface area contributed by atoms with Gasteiger partial charge in [-0.3, -0.25) is 0 Å². The molecule has 4 rings (SSSR count). The maximum atomic E-state index is 5.43. The molecule has 30 heavy (non-hydrogen) atoms. The summed E-state index contributed by atoms with van der Waals surface area (Å²) in [7, 11) is 4.85. The SMILES string of the molecule is COc1ccc(Nc2nc(-c3ccc(OC)c(OC)c3)nn3c(C)nc(C)c23)cc1. The Morgan fingerprint density at radius 2 is 1.57 bits per heavy atom. The minimum atomic E-state index is 0.542. The maximum absolute atomic E-state index is 5.43. The number of imidazole rings is 1. The Kier molecular flexibility index (Phi) is 5.14. The lowest BCUT2D eigenvalue weighted by molar-refractivity contribution is 0.355. The fourth-order valence-electron chi connectivity index (χ4n) is 3.32. The molecule has 0 bridgehead atoms. The molecule has 1 N–H and O–H groups in total. The summed E-state index contributed by atoms with van der Waals surface area (Å²) in [5.41, 5.74) is 3.36. The Balaban J connectivity index is 1.85. The number of nitrogens with zero attached hydrogens (tertiary/aromatic N) is 4. The second kappa shape index (κ2) is 7.90. The number of anilines is 2. The van der Waals surface area contributed by atoms with Crippen LogP contribution >= 0.6 is 0 Å². The predicted octanol–water partition coefficient (Wildman–Crippen LogP) is 4.18. The van der Waals surface area contributed by atoms with Crippen LogP contribution in [-0.4, -0.2) is 40.9 Å². The highest BCUT2D eigenvalue weighted by Gasteiger charge is 2.17. The van der Waals surface area contributed by atoms with Gasteiger partial charge in [0.1, 0.15) is 17.1 Å². The topological polar surface area (TPSA) is 82.8 Å². The van der Waals surface area contributed by atoms with E-state index in [1.54, 1.807) is 25.8 Å². The lowest BCUT2D eigenvalue weighted by Crippen LogP contribution is -2.05. The number of nitrogens with one attached hydrogen (secondary N) is 1. The molecule has 8 heteroatoms. The third kappa shape index (κ3) is 3.47. The second-order valence-electron chi connectivity index (χ2n) is 6.71. The van der Waals surface area contributed by atoms with Gasteiger partial charge in [-0.25, -0.2) is 14.5 Å². The summed E-state index contributed by atoms with van der Waals surface area (Å²) < 4.78 is 17.8. The minimum Gasteiger partial charge on any atom is -0.497 e. The van der Waals surface area contributed by atoms with E-state index in [2.05, 4.69) is 10.3 Å².